The van der Waals surface area contributed by atoms with Gasteiger partial charge in [0.1, 0.15) is 16.5 Å². The molecule has 5 rings (SSSR count). The maximum Gasteiger partial charge on any atom is 0.270 e. The van der Waals surface area contributed by atoms with Gasteiger partial charge in [-0.25, -0.2) is 9.37 Å². The lowest BCUT2D eigenvalue weighted by Crippen LogP contribution is -2.26. The van der Waals surface area contributed by atoms with Gasteiger partial charge in [-0.3, -0.25) is 14.3 Å². The van der Waals surface area contributed by atoms with Crippen LogP contribution in [0.1, 0.15) is 21.1 Å². The van der Waals surface area contributed by atoms with Crippen molar-refractivity contribution in [2.24, 2.45) is 0 Å². The topological polar surface area (TPSA) is 85.6 Å². The molecule has 3 aromatic heterocycles. The van der Waals surface area contributed by atoms with E-state index in [9.17, 15) is 9.18 Å². The molecule has 0 aliphatic rings. The molecule has 0 saturated heterocycles. The van der Waals surface area contributed by atoms with Crippen molar-refractivity contribution >= 4 is 52.2 Å². The minimum Gasteiger partial charge on any atom is -0.350 e. The summed E-state index contributed by atoms with van der Waals surface area (Å²) in [6.07, 6.45) is 3.88. The second kappa shape index (κ2) is 12.0. The molecule has 0 unspecified atom stereocenters. The fourth-order valence-corrected chi connectivity index (χ4v) is 5.87. The number of rotatable bonds is 9. The van der Waals surface area contributed by atoms with E-state index in [1.807, 2.05) is 12.1 Å². The average Bonchev–Trinajstić information content (AvgIpc) is 3.57. The normalized spacial score (nSPS) is 11.0. The quantitative estimate of drug-likeness (QED) is 0.199. The van der Waals surface area contributed by atoms with Gasteiger partial charge in [-0.15, -0.1) is 21.5 Å². The monoisotopic (exact) mass is 584 g/mol. The highest BCUT2D eigenvalue weighted by atomic mass is 35.5. The van der Waals surface area contributed by atoms with E-state index in [1.165, 1.54) is 29.2 Å². The summed E-state index contributed by atoms with van der Waals surface area (Å²) in [6.45, 7) is 0.407. The van der Waals surface area contributed by atoms with Crippen molar-refractivity contribution in [1.29, 1.82) is 0 Å². The Balaban J connectivity index is 1.27. The van der Waals surface area contributed by atoms with Crippen LogP contribution in [0.5, 0.6) is 0 Å². The lowest BCUT2D eigenvalue weighted by molar-refractivity contribution is 0.0949. The Bertz CT molecular complexity index is 1580. The highest BCUT2D eigenvalue weighted by Gasteiger charge is 2.20. The van der Waals surface area contributed by atoms with E-state index >= 15 is 0 Å². The van der Waals surface area contributed by atoms with Crippen molar-refractivity contribution in [2.45, 2.75) is 17.3 Å². The molecule has 38 heavy (non-hydrogen) atoms. The zero-order valence-corrected chi connectivity index (χ0v) is 22.8. The van der Waals surface area contributed by atoms with Crippen LogP contribution in [-0.4, -0.2) is 37.2 Å². The van der Waals surface area contributed by atoms with Gasteiger partial charge in [0.2, 0.25) is 0 Å². The van der Waals surface area contributed by atoms with E-state index in [0.29, 0.717) is 56.7 Å². The number of aromatic nitrogens is 5. The van der Waals surface area contributed by atoms with E-state index in [0.717, 1.165) is 10.6 Å². The molecule has 0 fully saturated rings. The SMILES string of the molecule is O=C(NCCc1ccc(Cl)cc1Cl)c1csc(CSc2nnc(-c3cccnc3)n2-c2ccccc2F)n1. The molecule has 0 aliphatic heterocycles. The summed E-state index contributed by atoms with van der Waals surface area (Å²) in [5.41, 5.74) is 2.28. The standard InChI is InChI=1S/C26H19Cl2FN6OS2/c27-18-8-7-16(19(28)12-18)9-11-31-25(36)21-14-37-23(32-21)15-38-26-34-33-24(17-4-3-10-30-13-17)35(26)22-6-2-1-5-20(22)29/h1-8,10,12-14H,9,11,15H2,(H,31,36). The molecule has 0 aliphatic carbocycles. The first kappa shape index (κ1) is 26.3. The van der Waals surface area contributed by atoms with Crippen molar-refractivity contribution < 1.29 is 9.18 Å². The Kier molecular flexibility index (Phi) is 8.33. The maximum absolute atomic E-state index is 14.8. The van der Waals surface area contributed by atoms with E-state index in [2.05, 4.69) is 25.5 Å². The predicted octanol–water partition coefficient (Wildman–Crippen LogP) is 6.50. The van der Waals surface area contributed by atoms with E-state index < -0.39 is 5.82 Å². The van der Waals surface area contributed by atoms with Crippen LogP contribution >= 0.6 is 46.3 Å². The Labute approximate surface area is 236 Å². The number of thiazole rings is 1. The largest absolute Gasteiger partial charge is 0.350 e. The number of carbonyl (C=O) groups excluding carboxylic acids is 1. The van der Waals surface area contributed by atoms with Crippen LogP contribution in [-0.2, 0) is 12.2 Å². The summed E-state index contributed by atoms with van der Waals surface area (Å²) in [6, 6.07) is 15.4. The zero-order chi connectivity index (χ0) is 26.5. The van der Waals surface area contributed by atoms with Gasteiger partial charge in [-0.1, -0.05) is 53.2 Å². The van der Waals surface area contributed by atoms with E-state index in [1.54, 1.807) is 58.7 Å². The summed E-state index contributed by atoms with van der Waals surface area (Å²) in [5.74, 6) is 0.242. The van der Waals surface area contributed by atoms with Gasteiger partial charge >= 0.3 is 0 Å². The summed E-state index contributed by atoms with van der Waals surface area (Å²) in [4.78, 5) is 21.2. The molecule has 1 amide bonds. The number of hydrogen-bond donors (Lipinski definition) is 1. The van der Waals surface area contributed by atoms with Crippen molar-refractivity contribution in [3.05, 3.63) is 104 Å². The third-order valence-corrected chi connectivity index (χ3v) is 8.01. The summed E-state index contributed by atoms with van der Waals surface area (Å²) < 4.78 is 16.4. The van der Waals surface area contributed by atoms with Gasteiger partial charge in [0.25, 0.3) is 5.91 Å². The van der Waals surface area contributed by atoms with Gasteiger partial charge in [-0.2, -0.15) is 0 Å². The fourth-order valence-electron chi connectivity index (χ4n) is 3.63. The molecule has 2 aromatic carbocycles. The molecule has 0 atom stereocenters. The highest BCUT2D eigenvalue weighted by Crippen LogP contribution is 2.31. The highest BCUT2D eigenvalue weighted by molar-refractivity contribution is 7.98. The molecule has 192 valence electrons. The number of pyridine rings is 1. The van der Waals surface area contributed by atoms with Crippen LogP contribution in [0.2, 0.25) is 10.0 Å². The first-order chi connectivity index (χ1) is 18.5. The zero-order valence-electron chi connectivity index (χ0n) is 19.6. The first-order valence-corrected chi connectivity index (χ1v) is 14.0. The Morgan fingerprint density at radius 3 is 2.76 bits per heavy atom. The Morgan fingerprint density at radius 2 is 1.97 bits per heavy atom. The number of nitrogens with one attached hydrogen (secondary N) is 1. The molecule has 0 saturated carbocycles. The predicted molar refractivity (Wildman–Crippen MR) is 149 cm³/mol. The number of halogens is 3. The molecular formula is C26H19Cl2FN6OS2. The van der Waals surface area contributed by atoms with Crippen LogP contribution in [0.4, 0.5) is 4.39 Å². The van der Waals surface area contributed by atoms with Crippen molar-refractivity contribution in [1.82, 2.24) is 30.0 Å². The first-order valence-electron chi connectivity index (χ1n) is 11.4. The third kappa shape index (κ3) is 6.05. The van der Waals surface area contributed by atoms with Crippen LogP contribution in [0.15, 0.2) is 77.5 Å². The molecule has 12 heteroatoms. The molecule has 0 bridgehead atoms. The van der Waals surface area contributed by atoms with Crippen LogP contribution in [0, 0.1) is 5.82 Å². The lowest BCUT2D eigenvalue weighted by Gasteiger charge is -2.10. The maximum atomic E-state index is 14.8. The minimum atomic E-state index is -0.396. The molecular weight excluding hydrogens is 566 g/mol. The van der Waals surface area contributed by atoms with Crippen molar-refractivity contribution in [3.63, 3.8) is 0 Å². The summed E-state index contributed by atoms with van der Waals surface area (Å²) >= 11 is 14.9. The van der Waals surface area contributed by atoms with E-state index in [4.69, 9.17) is 23.2 Å². The number of thioether (sulfide) groups is 1. The number of para-hydroxylation sites is 1. The number of hydrogen-bond acceptors (Lipinski definition) is 7. The molecule has 5 aromatic rings. The van der Waals surface area contributed by atoms with Crippen LogP contribution < -0.4 is 5.32 Å². The minimum absolute atomic E-state index is 0.268. The Morgan fingerprint density at radius 1 is 1.11 bits per heavy atom. The van der Waals surface area contributed by atoms with E-state index in [-0.39, 0.29) is 5.91 Å². The van der Waals surface area contributed by atoms with Gasteiger partial charge in [0.15, 0.2) is 11.0 Å². The smallest absolute Gasteiger partial charge is 0.270 e. The third-order valence-electron chi connectivity index (χ3n) is 5.45. The molecule has 0 spiro atoms. The molecule has 7 nitrogen and oxygen atoms in total. The molecule has 1 N–H and O–H groups in total. The lowest BCUT2D eigenvalue weighted by atomic mass is 10.1. The van der Waals surface area contributed by atoms with Gasteiger partial charge in [-0.05, 0) is 48.4 Å². The number of carbonyl (C=O) groups is 1. The molecule has 3 heterocycles. The van der Waals surface area contributed by atoms with Gasteiger partial charge in [0, 0.05) is 39.9 Å². The summed E-state index contributed by atoms with van der Waals surface area (Å²) in [7, 11) is 0. The molecule has 0 radical (unpaired) electrons. The number of benzene rings is 2. The van der Waals surface area contributed by atoms with Crippen molar-refractivity contribution in [2.75, 3.05) is 6.54 Å². The van der Waals surface area contributed by atoms with Gasteiger partial charge in [0.05, 0.1) is 11.4 Å². The van der Waals surface area contributed by atoms with Gasteiger partial charge < -0.3 is 5.32 Å². The number of nitrogens with zero attached hydrogens (tertiary/aromatic N) is 5. The average molecular weight is 586 g/mol. The number of amides is 1. The second-order valence-corrected chi connectivity index (χ2v) is 10.7. The van der Waals surface area contributed by atoms with Crippen LogP contribution in [0.25, 0.3) is 17.1 Å². The van der Waals surface area contributed by atoms with Crippen molar-refractivity contribution in [3.8, 4) is 17.1 Å². The Hall–Kier alpha value is -3.31. The fraction of sp³-hybridized carbons (Fsp3) is 0.115. The van der Waals surface area contributed by atoms with Crippen LogP contribution in [0.3, 0.4) is 0 Å². The summed E-state index contributed by atoms with van der Waals surface area (Å²) in [5, 5.41) is 15.5. The second-order valence-electron chi connectivity index (χ2n) is 7.99.